The van der Waals surface area contributed by atoms with Crippen LogP contribution in [0.2, 0.25) is 0 Å². The van der Waals surface area contributed by atoms with Crippen LogP contribution in [-0.4, -0.2) is 28.3 Å². The van der Waals surface area contributed by atoms with Crippen LogP contribution in [0.25, 0.3) is 22.3 Å². The standard InChI is InChI=1S/C18H15N5O2S/c1-25-13-5-2-11(3-6-13)9-19-23-18-22-16(10-26-18)12-4-7-14-15(8-12)21-17(24)20-14/h2-10H,1H3,(H,22,23)(H2,20,21,24)/b19-9+. The zero-order chi connectivity index (χ0) is 17.9. The molecule has 0 aliphatic rings. The number of fused-ring (bicyclic) bond motifs is 1. The summed E-state index contributed by atoms with van der Waals surface area (Å²) in [5, 5.41) is 6.84. The number of hydrogen-bond acceptors (Lipinski definition) is 6. The van der Waals surface area contributed by atoms with Gasteiger partial charge in [0.25, 0.3) is 0 Å². The summed E-state index contributed by atoms with van der Waals surface area (Å²) in [6.07, 6.45) is 1.72. The highest BCUT2D eigenvalue weighted by molar-refractivity contribution is 7.14. The molecule has 130 valence electrons. The number of thiazole rings is 1. The van der Waals surface area contributed by atoms with E-state index in [-0.39, 0.29) is 5.69 Å². The highest BCUT2D eigenvalue weighted by Gasteiger charge is 2.06. The molecule has 8 heteroatoms. The molecule has 0 unspecified atom stereocenters. The Bertz CT molecular complexity index is 1120. The van der Waals surface area contributed by atoms with Gasteiger partial charge in [-0.1, -0.05) is 6.07 Å². The molecular weight excluding hydrogens is 350 g/mol. The fourth-order valence-electron chi connectivity index (χ4n) is 2.50. The molecule has 0 amide bonds. The molecule has 0 fully saturated rings. The molecule has 7 nitrogen and oxygen atoms in total. The van der Waals surface area contributed by atoms with E-state index in [0.717, 1.165) is 33.6 Å². The van der Waals surface area contributed by atoms with Crippen molar-refractivity contribution in [1.82, 2.24) is 15.0 Å². The molecule has 0 aliphatic heterocycles. The maximum Gasteiger partial charge on any atom is 0.323 e. The summed E-state index contributed by atoms with van der Waals surface area (Å²) in [4.78, 5) is 21.4. The largest absolute Gasteiger partial charge is 0.497 e. The van der Waals surface area contributed by atoms with E-state index >= 15 is 0 Å². The first-order valence-corrected chi connectivity index (χ1v) is 8.70. The Kier molecular flexibility index (Phi) is 4.24. The number of benzene rings is 2. The Balaban J connectivity index is 1.48. The zero-order valence-electron chi connectivity index (χ0n) is 13.8. The normalized spacial score (nSPS) is 11.3. The van der Waals surface area contributed by atoms with Crippen LogP contribution in [0.5, 0.6) is 5.75 Å². The number of anilines is 1. The number of H-pyrrole nitrogens is 2. The van der Waals surface area contributed by atoms with Crippen molar-refractivity contribution >= 4 is 33.7 Å². The van der Waals surface area contributed by atoms with Gasteiger partial charge in [0.2, 0.25) is 5.13 Å². The molecule has 0 aliphatic carbocycles. The van der Waals surface area contributed by atoms with Gasteiger partial charge in [-0.15, -0.1) is 11.3 Å². The van der Waals surface area contributed by atoms with E-state index in [2.05, 4.69) is 25.5 Å². The number of nitrogens with zero attached hydrogens (tertiary/aromatic N) is 2. The van der Waals surface area contributed by atoms with E-state index in [4.69, 9.17) is 4.74 Å². The first-order valence-electron chi connectivity index (χ1n) is 7.82. The van der Waals surface area contributed by atoms with Crippen LogP contribution in [0.1, 0.15) is 5.56 Å². The smallest absolute Gasteiger partial charge is 0.323 e. The van der Waals surface area contributed by atoms with Crippen molar-refractivity contribution in [2.75, 3.05) is 12.5 Å². The highest BCUT2D eigenvalue weighted by Crippen LogP contribution is 2.26. The van der Waals surface area contributed by atoms with Gasteiger partial charge >= 0.3 is 5.69 Å². The third kappa shape index (κ3) is 3.35. The van der Waals surface area contributed by atoms with E-state index in [0.29, 0.717) is 5.13 Å². The molecular formula is C18H15N5O2S. The average Bonchev–Trinajstić information content (AvgIpc) is 3.27. The SMILES string of the molecule is COc1ccc(/C=N/Nc2nc(-c3ccc4[nH]c(=O)[nH]c4c3)cs2)cc1. The summed E-state index contributed by atoms with van der Waals surface area (Å²) < 4.78 is 5.13. The Hall–Kier alpha value is -3.39. The van der Waals surface area contributed by atoms with E-state index in [9.17, 15) is 4.79 Å². The fourth-order valence-corrected chi connectivity index (χ4v) is 3.17. The molecule has 0 radical (unpaired) electrons. The molecule has 0 saturated carbocycles. The summed E-state index contributed by atoms with van der Waals surface area (Å²) in [7, 11) is 1.64. The first kappa shape index (κ1) is 16.1. The van der Waals surface area contributed by atoms with Gasteiger partial charge in [0.1, 0.15) is 5.75 Å². The van der Waals surface area contributed by atoms with E-state index in [1.54, 1.807) is 13.3 Å². The number of hydrogen-bond donors (Lipinski definition) is 3. The Morgan fingerprint density at radius 3 is 2.77 bits per heavy atom. The number of ether oxygens (including phenoxy) is 1. The van der Waals surface area contributed by atoms with Crippen molar-refractivity contribution in [2.45, 2.75) is 0 Å². The molecule has 4 aromatic rings. The quantitative estimate of drug-likeness (QED) is 0.373. The second-order valence-corrected chi connectivity index (χ2v) is 6.38. The molecule has 2 heterocycles. The molecule has 0 saturated heterocycles. The number of aromatic amines is 2. The van der Waals surface area contributed by atoms with Crippen LogP contribution < -0.4 is 15.9 Å². The van der Waals surface area contributed by atoms with Crippen molar-refractivity contribution in [3.05, 3.63) is 63.9 Å². The zero-order valence-corrected chi connectivity index (χ0v) is 14.6. The van der Waals surface area contributed by atoms with Crippen molar-refractivity contribution in [3.8, 4) is 17.0 Å². The average molecular weight is 365 g/mol. The summed E-state index contributed by atoms with van der Waals surface area (Å²) in [6.45, 7) is 0. The lowest BCUT2D eigenvalue weighted by atomic mass is 10.1. The van der Waals surface area contributed by atoms with Gasteiger partial charge in [-0.2, -0.15) is 5.10 Å². The molecule has 2 aromatic heterocycles. The van der Waals surface area contributed by atoms with Gasteiger partial charge in [0.15, 0.2) is 0 Å². The van der Waals surface area contributed by atoms with Crippen LogP contribution in [0, 0.1) is 0 Å². The van der Waals surface area contributed by atoms with Crippen LogP contribution in [0.4, 0.5) is 5.13 Å². The molecule has 4 rings (SSSR count). The predicted octanol–water partition coefficient (Wildman–Crippen LogP) is 3.43. The van der Waals surface area contributed by atoms with Crippen molar-refractivity contribution in [2.24, 2.45) is 5.10 Å². The molecule has 2 aromatic carbocycles. The summed E-state index contributed by atoms with van der Waals surface area (Å²) >= 11 is 1.46. The highest BCUT2D eigenvalue weighted by atomic mass is 32.1. The third-order valence-corrected chi connectivity index (χ3v) is 4.55. The second-order valence-electron chi connectivity index (χ2n) is 5.52. The van der Waals surface area contributed by atoms with Crippen LogP contribution in [0.15, 0.2) is 57.7 Å². The fraction of sp³-hybridized carbons (Fsp3) is 0.0556. The van der Waals surface area contributed by atoms with Crippen LogP contribution in [-0.2, 0) is 0 Å². The lowest BCUT2D eigenvalue weighted by Gasteiger charge is -1.99. The minimum absolute atomic E-state index is 0.217. The Morgan fingerprint density at radius 1 is 1.15 bits per heavy atom. The topological polar surface area (TPSA) is 95.2 Å². The summed E-state index contributed by atoms with van der Waals surface area (Å²) in [5.74, 6) is 0.806. The van der Waals surface area contributed by atoms with Crippen LogP contribution in [0.3, 0.4) is 0 Å². The lowest BCUT2D eigenvalue weighted by molar-refractivity contribution is 0.415. The summed E-state index contributed by atoms with van der Waals surface area (Å²) in [5.41, 5.74) is 6.95. The molecule has 0 spiro atoms. The molecule has 3 N–H and O–H groups in total. The van der Waals surface area contributed by atoms with Gasteiger partial charge in [-0.05, 0) is 42.0 Å². The molecule has 26 heavy (non-hydrogen) atoms. The minimum Gasteiger partial charge on any atom is -0.497 e. The number of imidazole rings is 1. The number of nitrogens with one attached hydrogen (secondary N) is 3. The second kappa shape index (κ2) is 6.85. The van der Waals surface area contributed by atoms with Gasteiger partial charge in [0.05, 0.1) is 30.1 Å². The number of rotatable bonds is 5. The lowest BCUT2D eigenvalue weighted by Crippen LogP contribution is -1.99. The van der Waals surface area contributed by atoms with Crippen molar-refractivity contribution < 1.29 is 4.74 Å². The van der Waals surface area contributed by atoms with Gasteiger partial charge in [-0.25, -0.2) is 9.78 Å². The van der Waals surface area contributed by atoms with E-state index in [1.165, 1.54) is 11.3 Å². The Morgan fingerprint density at radius 2 is 1.96 bits per heavy atom. The number of hydrazone groups is 1. The molecule has 0 bridgehead atoms. The number of methoxy groups -OCH3 is 1. The van der Waals surface area contributed by atoms with Crippen LogP contribution >= 0.6 is 11.3 Å². The minimum atomic E-state index is -0.217. The third-order valence-electron chi connectivity index (χ3n) is 3.81. The Labute approximate surface area is 152 Å². The monoisotopic (exact) mass is 365 g/mol. The maximum absolute atomic E-state index is 11.4. The van der Waals surface area contributed by atoms with E-state index in [1.807, 2.05) is 47.8 Å². The number of aromatic nitrogens is 3. The van der Waals surface area contributed by atoms with Gasteiger partial charge < -0.3 is 14.7 Å². The van der Waals surface area contributed by atoms with E-state index < -0.39 is 0 Å². The van der Waals surface area contributed by atoms with Crippen molar-refractivity contribution in [3.63, 3.8) is 0 Å². The molecule has 0 atom stereocenters. The summed E-state index contributed by atoms with van der Waals surface area (Å²) in [6, 6.07) is 13.3. The van der Waals surface area contributed by atoms with Gasteiger partial charge in [0, 0.05) is 10.9 Å². The first-order chi connectivity index (χ1) is 12.7. The predicted molar refractivity (Wildman–Crippen MR) is 104 cm³/mol. The van der Waals surface area contributed by atoms with Gasteiger partial charge in [-0.3, -0.25) is 5.43 Å². The van der Waals surface area contributed by atoms with Crippen molar-refractivity contribution in [1.29, 1.82) is 0 Å². The maximum atomic E-state index is 11.4.